The molecule has 7 heteroatoms. The van der Waals surface area contributed by atoms with E-state index in [0.29, 0.717) is 23.1 Å². The molecule has 0 saturated carbocycles. The predicted molar refractivity (Wildman–Crippen MR) is 82.7 cm³/mol. The topological polar surface area (TPSA) is 93.1 Å². The van der Waals surface area contributed by atoms with E-state index in [1.807, 2.05) is 12.1 Å². The molecular formula is C16H16N4O3. The standard InChI is InChI=1S/C16H16N4O3/c1-8-18-12-5-10-7-17-6-9(10)4-11(12)16(23)20(8)13-2-3-14(21)19-15(13)22/h4-5,13,17H,2-3,6-7H2,1H3,(H,19,21,22). The van der Waals surface area contributed by atoms with Crippen molar-refractivity contribution in [3.05, 3.63) is 39.4 Å². The second-order valence-electron chi connectivity index (χ2n) is 6.04. The van der Waals surface area contributed by atoms with Gasteiger partial charge in [-0.25, -0.2) is 4.98 Å². The molecule has 4 rings (SSSR count). The van der Waals surface area contributed by atoms with Gasteiger partial charge in [-0.15, -0.1) is 0 Å². The maximum atomic E-state index is 12.9. The van der Waals surface area contributed by atoms with E-state index < -0.39 is 11.9 Å². The molecule has 1 aromatic heterocycles. The zero-order chi connectivity index (χ0) is 16.1. The van der Waals surface area contributed by atoms with Crippen LogP contribution >= 0.6 is 0 Å². The van der Waals surface area contributed by atoms with Crippen molar-refractivity contribution in [3.63, 3.8) is 0 Å². The lowest BCUT2D eigenvalue weighted by atomic mass is 10.0. The van der Waals surface area contributed by atoms with Crippen molar-refractivity contribution in [2.24, 2.45) is 0 Å². The molecule has 1 atom stereocenters. The lowest BCUT2D eigenvalue weighted by molar-refractivity contribution is -0.135. The highest BCUT2D eigenvalue weighted by Gasteiger charge is 2.30. The van der Waals surface area contributed by atoms with Gasteiger partial charge in [-0.3, -0.25) is 24.3 Å². The van der Waals surface area contributed by atoms with Crippen molar-refractivity contribution in [2.45, 2.75) is 38.9 Å². The van der Waals surface area contributed by atoms with E-state index in [1.54, 1.807) is 6.92 Å². The van der Waals surface area contributed by atoms with Crippen LogP contribution in [0.15, 0.2) is 16.9 Å². The summed E-state index contributed by atoms with van der Waals surface area (Å²) in [5.41, 5.74) is 2.67. The number of aromatic nitrogens is 2. The second kappa shape index (κ2) is 4.99. The monoisotopic (exact) mass is 312 g/mol. The summed E-state index contributed by atoms with van der Waals surface area (Å²) < 4.78 is 1.42. The number of amides is 2. The number of nitrogens with one attached hydrogen (secondary N) is 2. The van der Waals surface area contributed by atoms with E-state index in [9.17, 15) is 14.4 Å². The number of benzene rings is 1. The third kappa shape index (κ3) is 2.16. The Morgan fingerprint density at radius 1 is 1.17 bits per heavy atom. The van der Waals surface area contributed by atoms with E-state index in [1.165, 1.54) is 4.57 Å². The zero-order valence-electron chi connectivity index (χ0n) is 12.7. The van der Waals surface area contributed by atoms with Crippen LogP contribution in [0.25, 0.3) is 10.9 Å². The van der Waals surface area contributed by atoms with Gasteiger partial charge in [-0.1, -0.05) is 0 Å². The number of hydrogen-bond acceptors (Lipinski definition) is 5. The van der Waals surface area contributed by atoms with Crippen molar-refractivity contribution in [3.8, 4) is 0 Å². The van der Waals surface area contributed by atoms with Crippen LogP contribution in [0.5, 0.6) is 0 Å². The highest BCUT2D eigenvalue weighted by molar-refractivity contribution is 5.99. The Balaban J connectivity index is 1.90. The van der Waals surface area contributed by atoms with E-state index >= 15 is 0 Å². The van der Waals surface area contributed by atoms with Crippen LogP contribution in [0.2, 0.25) is 0 Å². The summed E-state index contributed by atoms with van der Waals surface area (Å²) in [6.45, 7) is 3.23. The number of rotatable bonds is 1. The molecule has 1 saturated heterocycles. The number of imide groups is 1. The number of carbonyl (C=O) groups is 2. The fourth-order valence-electron chi connectivity index (χ4n) is 3.40. The minimum Gasteiger partial charge on any atom is -0.309 e. The summed E-state index contributed by atoms with van der Waals surface area (Å²) in [5.74, 6) is -0.243. The first-order valence-electron chi connectivity index (χ1n) is 7.63. The summed E-state index contributed by atoms with van der Waals surface area (Å²) >= 11 is 0. The molecule has 2 amide bonds. The Kier molecular flexibility index (Phi) is 3.05. The summed E-state index contributed by atoms with van der Waals surface area (Å²) in [6.07, 6.45) is 0.555. The zero-order valence-corrected chi connectivity index (χ0v) is 12.7. The molecular weight excluding hydrogens is 296 g/mol. The largest absolute Gasteiger partial charge is 0.309 e. The Morgan fingerprint density at radius 2 is 1.91 bits per heavy atom. The first kappa shape index (κ1) is 14.1. The van der Waals surface area contributed by atoms with Gasteiger partial charge >= 0.3 is 0 Å². The first-order valence-corrected chi connectivity index (χ1v) is 7.63. The van der Waals surface area contributed by atoms with Crippen LogP contribution in [0.3, 0.4) is 0 Å². The van der Waals surface area contributed by atoms with E-state index in [4.69, 9.17) is 0 Å². The highest BCUT2D eigenvalue weighted by atomic mass is 16.2. The quantitative estimate of drug-likeness (QED) is 0.738. The lowest BCUT2D eigenvalue weighted by Gasteiger charge is -2.24. The molecule has 7 nitrogen and oxygen atoms in total. The van der Waals surface area contributed by atoms with Crippen LogP contribution in [0, 0.1) is 6.92 Å². The van der Waals surface area contributed by atoms with Gasteiger partial charge in [-0.05, 0) is 36.6 Å². The molecule has 2 aliphatic heterocycles. The van der Waals surface area contributed by atoms with Crippen LogP contribution in [-0.2, 0) is 22.7 Å². The molecule has 0 bridgehead atoms. The Labute approximate surface area is 131 Å². The van der Waals surface area contributed by atoms with E-state index in [0.717, 1.165) is 24.2 Å². The van der Waals surface area contributed by atoms with Gasteiger partial charge in [0.15, 0.2) is 0 Å². The number of nitrogens with zero attached hydrogens (tertiary/aromatic N) is 2. The van der Waals surface area contributed by atoms with Gasteiger partial charge in [0.1, 0.15) is 11.9 Å². The Morgan fingerprint density at radius 3 is 2.65 bits per heavy atom. The number of piperidine rings is 1. The van der Waals surface area contributed by atoms with Gasteiger partial charge < -0.3 is 5.32 Å². The number of hydrogen-bond donors (Lipinski definition) is 2. The summed E-state index contributed by atoms with van der Waals surface area (Å²) in [5, 5.41) is 6.06. The molecule has 3 heterocycles. The predicted octanol–water partition coefficient (Wildman–Crippen LogP) is 0.286. The minimum atomic E-state index is -0.677. The second-order valence-corrected chi connectivity index (χ2v) is 6.04. The normalized spacial score (nSPS) is 20.7. The van der Waals surface area contributed by atoms with Gasteiger partial charge in [0, 0.05) is 19.5 Å². The molecule has 0 aliphatic carbocycles. The Bertz CT molecular complexity index is 916. The van der Waals surface area contributed by atoms with Crippen molar-refractivity contribution < 1.29 is 9.59 Å². The van der Waals surface area contributed by atoms with Crippen molar-refractivity contribution in [1.29, 1.82) is 0 Å². The fourth-order valence-corrected chi connectivity index (χ4v) is 3.40. The third-order valence-electron chi connectivity index (χ3n) is 4.55. The SMILES string of the molecule is Cc1nc2cc3c(cc2c(=O)n1C1CCC(=O)NC1=O)CNC3. The third-order valence-corrected chi connectivity index (χ3v) is 4.55. The van der Waals surface area contributed by atoms with Crippen LogP contribution < -0.4 is 16.2 Å². The highest BCUT2D eigenvalue weighted by Crippen LogP contribution is 2.23. The number of aryl methyl sites for hydroxylation is 1. The molecule has 1 aromatic carbocycles. The summed E-state index contributed by atoms with van der Waals surface area (Å²) in [6, 6.07) is 3.12. The van der Waals surface area contributed by atoms with Gasteiger partial charge in [0.25, 0.3) is 5.56 Å². The molecule has 1 fully saturated rings. The van der Waals surface area contributed by atoms with E-state index in [-0.39, 0.29) is 17.9 Å². The maximum Gasteiger partial charge on any atom is 0.262 e. The molecule has 2 N–H and O–H groups in total. The van der Waals surface area contributed by atoms with Crippen molar-refractivity contribution >= 4 is 22.7 Å². The molecule has 0 radical (unpaired) electrons. The molecule has 2 aromatic rings. The molecule has 118 valence electrons. The van der Waals surface area contributed by atoms with Crippen LogP contribution in [0.4, 0.5) is 0 Å². The molecule has 1 unspecified atom stereocenters. The maximum absolute atomic E-state index is 12.9. The Hall–Kier alpha value is -2.54. The molecule has 0 spiro atoms. The van der Waals surface area contributed by atoms with Gasteiger partial charge in [-0.2, -0.15) is 0 Å². The number of carbonyl (C=O) groups excluding carboxylic acids is 2. The summed E-state index contributed by atoms with van der Waals surface area (Å²) in [4.78, 5) is 40.8. The van der Waals surface area contributed by atoms with Gasteiger partial charge in [0.2, 0.25) is 11.8 Å². The minimum absolute atomic E-state index is 0.225. The van der Waals surface area contributed by atoms with Crippen LogP contribution in [-0.4, -0.2) is 21.4 Å². The van der Waals surface area contributed by atoms with Crippen molar-refractivity contribution in [2.75, 3.05) is 0 Å². The number of fused-ring (bicyclic) bond motifs is 2. The van der Waals surface area contributed by atoms with Gasteiger partial charge in [0.05, 0.1) is 10.9 Å². The molecule has 2 aliphatic rings. The fraction of sp³-hybridized carbons (Fsp3) is 0.375. The van der Waals surface area contributed by atoms with Crippen LogP contribution in [0.1, 0.15) is 35.8 Å². The average molecular weight is 312 g/mol. The first-order chi connectivity index (χ1) is 11.0. The lowest BCUT2D eigenvalue weighted by Crippen LogP contribution is -2.45. The average Bonchev–Trinajstić information content (AvgIpc) is 2.95. The van der Waals surface area contributed by atoms with Crippen molar-refractivity contribution in [1.82, 2.24) is 20.2 Å². The van der Waals surface area contributed by atoms with E-state index in [2.05, 4.69) is 15.6 Å². The summed E-state index contributed by atoms with van der Waals surface area (Å²) in [7, 11) is 0. The molecule has 23 heavy (non-hydrogen) atoms. The smallest absolute Gasteiger partial charge is 0.262 e.